The number of hydrogen-bond acceptors (Lipinski definition) is 5. The standard InChI is InChI=1S/C28H22IN3O2S2/c1-17-15-20(29)13-14-22(17)30-23(33)16-35-28-31-26-25(27(34)32(28)21-11-7-4-8-12-21)24(18(2)36-26)19-9-5-3-6-10-19/h3-15H,16H2,1-2H3,(H,30,33). The third kappa shape index (κ3) is 4.98. The number of carbonyl (C=O) groups excluding carboxylic acids is 1. The van der Waals surface area contributed by atoms with Crippen LogP contribution < -0.4 is 10.9 Å². The van der Waals surface area contributed by atoms with Crippen molar-refractivity contribution in [2.24, 2.45) is 0 Å². The molecular formula is C28H22IN3O2S2. The maximum atomic E-state index is 14.0. The number of halogens is 1. The first-order valence-electron chi connectivity index (χ1n) is 11.3. The van der Waals surface area contributed by atoms with Gasteiger partial charge in [-0.2, -0.15) is 0 Å². The van der Waals surface area contributed by atoms with Gasteiger partial charge in [-0.1, -0.05) is 60.3 Å². The number of fused-ring (bicyclic) bond motifs is 1. The van der Waals surface area contributed by atoms with E-state index in [9.17, 15) is 9.59 Å². The number of nitrogens with one attached hydrogen (secondary N) is 1. The van der Waals surface area contributed by atoms with Crippen molar-refractivity contribution < 1.29 is 4.79 Å². The van der Waals surface area contributed by atoms with Crippen LogP contribution in [-0.4, -0.2) is 21.2 Å². The minimum absolute atomic E-state index is 0.131. The van der Waals surface area contributed by atoms with E-state index in [1.165, 1.54) is 23.1 Å². The van der Waals surface area contributed by atoms with Gasteiger partial charge < -0.3 is 5.32 Å². The minimum Gasteiger partial charge on any atom is -0.325 e. The summed E-state index contributed by atoms with van der Waals surface area (Å²) in [7, 11) is 0. The van der Waals surface area contributed by atoms with Crippen LogP contribution in [0.4, 0.5) is 5.69 Å². The van der Waals surface area contributed by atoms with Crippen LogP contribution in [0.5, 0.6) is 0 Å². The van der Waals surface area contributed by atoms with E-state index in [0.717, 1.165) is 36.5 Å². The molecule has 0 bridgehead atoms. The monoisotopic (exact) mass is 623 g/mol. The minimum atomic E-state index is -0.148. The van der Waals surface area contributed by atoms with Gasteiger partial charge in [-0.15, -0.1) is 11.3 Å². The molecule has 0 aliphatic heterocycles. The van der Waals surface area contributed by atoms with Crippen LogP contribution in [0.3, 0.4) is 0 Å². The van der Waals surface area contributed by atoms with E-state index in [4.69, 9.17) is 4.98 Å². The van der Waals surface area contributed by atoms with Crippen LogP contribution in [-0.2, 0) is 4.79 Å². The van der Waals surface area contributed by atoms with Crippen molar-refractivity contribution in [2.45, 2.75) is 19.0 Å². The van der Waals surface area contributed by atoms with Gasteiger partial charge in [0.1, 0.15) is 4.83 Å². The zero-order valence-electron chi connectivity index (χ0n) is 19.6. The summed E-state index contributed by atoms with van der Waals surface area (Å²) in [6, 6.07) is 25.3. The number of benzene rings is 3. The Hall–Kier alpha value is -2.95. The summed E-state index contributed by atoms with van der Waals surface area (Å²) in [6.45, 7) is 3.99. The third-order valence-electron chi connectivity index (χ3n) is 5.74. The molecule has 3 aromatic carbocycles. The number of para-hydroxylation sites is 1. The fourth-order valence-corrected chi connectivity index (χ4v) is 6.63. The smallest absolute Gasteiger partial charge is 0.268 e. The molecule has 5 rings (SSSR count). The highest BCUT2D eigenvalue weighted by Crippen LogP contribution is 2.37. The Morgan fingerprint density at radius 2 is 1.72 bits per heavy atom. The van der Waals surface area contributed by atoms with E-state index in [1.54, 1.807) is 4.57 Å². The lowest BCUT2D eigenvalue weighted by Gasteiger charge is -2.13. The first kappa shape index (κ1) is 24.7. The lowest BCUT2D eigenvalue weighted by atomic mass is 10.0. The lowest BCUT2D eigenvalue weighted by molar-refractivity contribution is -0.113. The number of thiophene rings is 1. The molecule has 0 aliphatic carbocycles. The Morgan fingerprint density at radius 3 is 2.42 bits per heavy atom. The Balaban J connectivity index is 1.55. The van der Waals surface area contributed by atoms with Crippen molar-refractivity contribution in [3.63, 3.8) is 0 Å². The van der Waals surface area contributed by atoms with Crippen LogP contribution in [0.25, 0.3) is 27.0 Å². The van der Waals surface area contributed by atoms with Crippen LogP contribution in [0.15, 0.2) is 88.8 Å². The van der Waals surface area contributed by atoms with Gasteiger partial charge in [-0.25, -0.2) is 4.98 Å². The predicted octanol–water partition coefficient (Wildman–Crippen LogP) is 7.07. The molecule has 1 amide bonds. The second kappa shape index (κ2) is 10.6. The Labute approximate surface area is 230 Å². The lowest BCUT2D eigenvalue weighted by Crippen LogP contribution is -2.22. The second-order valence-corrected chi connectivity index (χ2v) is 11.6. The first-order chi connectivity index (χ1) is 17.4. The van der Waals surface area contributed by atoms with Crippen LogP contribution in [0.1, 0.15) is 10.4 Å². The van der Waals surface area contributed by atoms with E-state index in [2.05, 4.69) is 27.9 Å². The average Bonchev–Trinajstić information content (AvgIpc) is 3.21. The summed E-state index contributed by atoms with van der Waals surface area (Å²) in [5.41, 5.74) is 4.28. The molecule has 2 heterocycles. The van der Waals surface area contributed by atoms with Gasteiger partial charge >= 0.3 is 0 Å². The molecule has 0 fully saturated rings. The van der Waals surface area contributed by atoms with E-state index in [0.29, 0.717) is 15.4 Å². The molecule has 0 spiro atoms. The van der Waals surface area contributed by atoms with Crippen LogP contribution >= 0.6 is 45.7 Å². The molecule has 0 atom stereocenters. The van der Waals surface area contributed by atoms with Crippen molar-refractivity contribution in [1.29, 1.82) is 0 Å². The molecule has 180 valence electrons. The van der Waals surface area contributed by atoms with Crippen molar-refractivity contribution in [2.75, 3.05) is 11.1 Å². The largest absolute Gasteiger partial charge is 0.325 e. The topological polar surface area (TPSA) is 64.0 Å². The van der Waals surface area contributed by atoms with Crippen LogP contribution in [0.2, 0.25) is 0 Å². The highest BCUT2D eigenvalue weighted by molar-refractivity contribution is 14.1. The predicted molar refractivity (Wildman–Crippen MR) is 159 cm³/mol. The van der Waals surface area contributed by atoms with Crippen LogP contribution in [0, 0.1) is 17.4 Å². The van der Waals surface area contributed by atoms with Crippen molar-refractivity contribution in [1.82, 2.24) is 9.55 Å². The Kier molecular flexibility index (Phi) is 7.27. The molecule has 5 nitrogen and oxygen atoms in total. The molecule has 0 saturated carbocycles. The molecule has 0 saturated heterocycles. The maximum Gasteiger partial charge on any atom is 0.268 e. The number of aromatic nitrogens is 2. The highest BCUT2D eigenvalue weighted by Gasteiger charge is 2.21. The fraction of sp³-hybridized carbons (Fsp3) is 0.107. The second-order valence-electron chi connectivity index (χ2n) is 8.25. The molecule has 5 aromatic rings. The molecule has 2 aromatic heterocycles. The molecular weight excluding hydrogens is 601 g/mol. The summed E-state index contributed by atoms with van der Waals surface area (Å²) >= 11 is 5.02. The number of thioether (sulfide) groups is 1. The zero-order valence-corrected chi connectivity index (χ0v) is 23.4. The van der Waals surface area contributed by atoms with Crippen molar-refractivity contribution >= 4 is 67.5 Å². The highest BCUT2D eigenvalue weighted by atomic mass is 127. The first-order valence-corrected chi connectivity index (χ1v) is 14.2. The Morgan fingerprint density at radius 1 is 1.03 bits per heavy atom. The zero-order chi connectivity index (χ0) is 25.2. The van der Waals surface area contributed by atoms with Gasteiger partial charge in [-0.3, -0.25) is 14.2 Å². The molecule has 0 aliphatic rings. The summed E-state index contributed by atoms with van der Waals surface area (Å²) in [6.07, 6.45) is 0. The molecule has 0 unspecified atom stereocenters. The fourth-order valence-electron chi connectivity index (χ4n) is 4.08. The van der Waals surface area contributed by atoms with Gasteiger partial charge in [0.25, 0.3) is 5.56 Å². The van der Waals surface area contributed by atoms with Gasteiger partial charge in [0.05, 0.1) is 16.8 Å². The summed E-state index contributed by atoms with van der Waals surface area (Å²) < 4.78 is 2.73. The number of aryl methyl sites for hydroxylation is 2. The SMILES string of the molecule is Cc1cc(I)ccc1NC(=O)CSc1nc2sc(C)c(-c3ccccc3)c2c(=O)n1-c1ccccc1. The number of rotatable bonds is 6. The van der Waals surface area contributed by atoms with Gasteiger partial charge in [0.15, 0.2) is 5.16 Å². The van der Waals surface area contributed by atoms with Crippen molar-refractivity contribution in [3.05, 3.63) is 103 Å². The third-order valence-corrected chi connectivity index (χ3v) is 8.35. The summed E-state index contributed by atoms with van der Waals surface area (Å²) in [5.74, 6) is -0.0165. The molecule has 1 N–H and O–H groups in total. The van der Waals surface area contributed by atoms with E-state index < -0.39 is 0 Å². The normalized spacial score (nSPS) is 11.1. The molecule has 36 heavy (non-hydrogen) atoms. The summed E-state index contributed by atoms with van der Waals surface area (Å²) in [4.78, 5) is 33.4. The van der Waals surface area contributed by atoms with E-state index >= 15 is 0 Å². The van der Waals surface area contributed by atoms with E-state index in [-0.39, 0.29) is 17.2 Å². The Bertz CT molecular complexity index is 1630. The van der Waals surface area contributed by atoms with Gasteiger partial charge in [0, 0.05) is 19.7 Å². The number of amides is 1. The number of nitrogens with zero attached hydrogens (tertiary/aromatic N) is 2. The van der Waals surface area contributed by atoms with E-state index in [1.807, 2.05) is 92.7 Å². The number of hydrogen-bond donors (Lipinski definition) is 1. The van der Waals surface area contributed by atoms with Gasteiger partial charge in [-0.05, 0) is 77.9 Å². The van der Waals surface area contributed by atoms with Gasteiger partial charge in [0.2, 0.25) is 5.91 Å². The molecule has 0 radical (unpaired) electrons. The quantitative estimate of drug-likeness (QED) is 0.125. The number of carbonyl (C=O) groups is 1. The number of anilines is 1. The maximum absolute atomic E-state index is 14.0. The summed E-state index contributed by atoms with van der Waals surface area (Å²) in [5, 5.41) is 4.08. The van der Waals surface area contributed by atoms with Crippen molar-refractivity contribution in [3.8, 4) is 16.8 Å². The molecule has 8 heteroatoms. The average molecular weight is 624 g/mol.